The number of aromatic nitrogens is 3. The number of hydrogen-bond acceptors (Lipinski definition) is 5. The SMILES string of the molecule is Cc1nn(C)c2ncc(NC(=O)COc3ccc(C#N)cc3)cc12. The van der Waals surface area contributed by atoms with Gasteiger partial charge in [-0.25, -0.2) is 4.98 Å². The van der Waals surface area contributed by atoms with Gasteiger partial charge in [-0.05, 0) is 37.3 Å². The van der Waals surface area contributed by atoms with E-state index in [1.807, 2.05) is 26.1 Å². The third-order valence-corrected chi connectivity index (χ3v) is 3.50. The Balaban J connectivity index is 1.64. The van der Waals surface area contributed by atoms with E-state index < -0.39 is 0 Å². The quantitative estimate of drug-likeness (QED) is 0.795. The minimum atomic E-state index is -0.290. The number of carbonyl (C=O) groups is 1. The molecule has 0 saturated carbocycles. The average Bonchev–Trinajstić information content (AvgIpc) is 2.87. The molecule has 0 spiro atoms. The first kappa shape index (κ1) is 15.5. The maximum absolute atomic E-state index is 12.0. The van der Waals surface area contributed by atoms with E-state index in [2.05, 4.69) is 15.4 Å². The largest absolute Gasteiger partial charge is 0.484 e. The molecule has 0 bridgehead atoms. The molecule has 7 heteroatoms. The molecule has 0 aliphatic heterocycles. The number of pyridine rings is 1. The minimum absolute atomic E-state index is 0.129. The molecule has 1 N–H and O–H groups in total. The number of ether oxygens (including phenoxy) is 1. The first-order valence-electron chi connectivity index (χ1n) is 7.29. The van der Waals surface area contributed by atoms with Crippen molar-refractivity contribution in [1.29, 1.82) is 5.26 Å². The van der Waals surface area contributed by atoms with Gasteiger partial charge in [-0.2, -0.15) is 10.4 Å². The summed E-state index contributed by atoms with van der Waals surface area (Å²) in [5.41, 5.74) is 2.74. The van der Waals surface area contributed by atoms with Gasteiger partial charge in [-0.15, -0.1) is 0 Å². The summed E-state index contributed by atoms with van der Waals surface area (Å²) >= 11 is 0. The van der Waals surface area contributed by atoms with E-state index in [9.17, 15) is 4.79 Å². The summed E-state index contributed by atoms with van der Waals surface area (Å²) in [7, 11) is 1.83. The highest BCUT2D eigenvalue weighted by Crippen LogP contribution is 2.19. The molecule has 0 fully saturated rings. The molecule has 0 aliphatic carbocycles. The normalized spacial score (nSPS) is 10.4. The zero-order valence-electron chi connectivity index (χ0n) is 13.3. The van der Waals surface area contributed by atoms with E-state index in [1.54, 1.807) is 35.1 Å². The van der Waals surface area contributed by atoms with Crippen molar-refractivity contribution in [1.82, 2.24) is 14.8 Å². The zero-order chi connectivity index (χ0) is 17.1. The van der Waals surface area contributed by atoms with Crippen LogP contribution in [0.3, 0.4) is 0 Å². The third-order valence-electron chi connectivity index (χ3n) is 3.50. The maximum Gasteiger partial charge on any atom is 0.262 e. The number of aryl methyl sites for hydroxylation is 2. The Labute approximate surface area is 138 Å². The predicted molar refractivity (Wildman–Crippen MR) is 88.5 cm³/mol. The lowest BCUT2D eigenvalue weighted by Gasteiger charge is -2.07. The van der Waals surface area contributed by atoms with E-state index in [0.717, 1.165) is 16.7 Å². The van der Waals surface area contributed by atoms with Crippen molar-refractivity contribution < 1.29 is 9.53 Å². The monoisotopic (exact) mass is 321 g/mol. The second-order valence-electron chi connectivity index (χ2n) is 5.28. The molecule has 3 rings (SSSR count). The van der Waals surface area contributed by atoms with Gasteiger partial charge in [0, 0.05) is 12.4 Å². The molecule has 2 aromatic heterocycles. The van der Waals surface area contributed by atoms with Crippen molar-refractivity contribution >= 4 is 22.6 Å². The summed E-state index contributed by atoms with van der Waals surface area (Å²) < 4.78 is 7.10. The van der Waals surface area contributed by atoms with Crippen LogP contribution in [0.2, 0.25) is 0 Å². The molecule has 0 saturated heterocycles. The maximum atomic E-state index is 12.0. The number of carbonyl (C=O) groups excluding carboxylic acids is 1. The summed E-state index contributed by atoms with van der Waals surface area (Å²) in [5, 5.41) is 16.7. The molecule has 1 aromatic carbocycles. The van der Waals surface area contributed by atoms with Crippen molar-refractivity contribution in [3.8, 4) is 11.8 Å². The minimum Gasteiger partial charge on any atom is -0.484 e. The molecule has 0 aliphatic rings. The van der Waals surface area contributed by atoms with Crippen LogP contribution in [0.4, 0.5) is 5.69 Å². The molecule has 7 nitrogen and oxygen atoms in total. The number of rotatable bonds is 4. The highest BCUT2D eigenvalue weighted by Gasteiger charge is 2.09. The number of nitrogens with zero attached hydrogens (tertiary/aromatic N) is 4. The highest BCUT2D eigenvalue weighted by atomic mass is 16.5. The second-order valence-corrected chi connectivity index (χ2v) is 5.28. The molecular weight excluding hydrogens is 306 g/mol. The number of hydrogen-bond donors (Lipinski definition) is 1. The number of amides is 1. The molecule has 0 unspecified atom stereocenters. The van der Waals surface area contributed by atoms with Gasteiger partial charge in [0.1, 0.15) is 5.75 Å². The van der Waals surface area contributed by atoms with Crippen LogP contribution in [-0.2, 0) is 11.8 Å². The molecule has 1 amide bonds. The molecule has 120 valence electrons. The summed E-state index contributed by atoms with van der Waals surface area (Å²) in [5.74, 6) is 0.239. The van der Waals surface area contributed by atoms with E-state index in [-0.39, 0.29) is 12.5 Å². The lowest BCUT2D eigenvalue weighted by atomic mass is 10.2. The zero-order valence-corrected chi connectivity index (χ0v) is 13.3. The van der Waals surface area contributed by atoms with Crippen molar-refractivity contribution in [2.24, 2.45) is 7.05 Å². The first-order chi connectivity index (χ1) is 11.6. The number of fused-ring (bicyclic) bond motifs is 1. The van der Waals surface area contributed by atoms with Gasteiger partial charge in [-0.1, -0.05) is 0 Å². The van der Waals surface area contributed by atoms with Gasteiger partial charge in [0.05, 0.1) is 29.2 Å². The van der Waals surface area contributed by atoms with Crippen LogP contribution in [0.15, 0.2) is 36.5 Å². The summed E-state index contributed by atoms with van der Waals surface area (Å²) in [6.45, 7) is 1.76. The second kappa shape index (κ2) is 6.38. The summed E-state index contributed by atoms with van der Waals surface area (Å²) in [6, 6.07) is 10.4. The fraction of sp³-hybridized carbons (Fsp3) is 0.176. The van der Waals surface area contributed by atoms with Crippen molar-refractivity contribution in [2.75, 3.05) is 11.9 Å². The Morgan fingerprint density at radius 2 is 2.12 bits per heavy atom. The van der Waals surface area contributed by atoms with E-state index >= 15 is 0 Å². The van der Waals surface area contributed by atoms with E-state index in [0.29, 0.717) is 17.0 Å². The fourth-order valence-corrected chi connectivity index (χ4v) is 2.35. The van der Waals surface area contributed by atoms with Crippen LogP contribution in [0.25, 0.3) is 11.0 Å². The number of anilines is 1. The molecular formula is C17H15N5O2. The lowest BCUT2D eigenvalue weighted by Crippen LogP contribution is -2.20. The first-order valence-corrected chi connectivity index (χ1v) is 7.29. The number of benzene rings is 1. The van der Waals surface area contributed by atoms with Gasteiger partial charge in [0.15, 0.2) is 12.3 Å². The Morgan fingerprint density at radius 3 is 2.83 bits per heavy atom. The standard InChI is InChI=1S/C17H15N5O2/c1-11-15-7-13(9-19-17(15)22(2)21-11)20-16(23)10-24-14-5-3-12(8-18)4-6-14/h3-7,9H,10H2,1-2H3,(H,20,23). The van der Waals surface area contributed by atoms with Crippen LogP contribution < -0.4 is 10.1 Å². The van der Waals surface area contributed by atoms with Crippen LogP contribution in [-0.4, -0.2) is 27.3 Å². The third kappa shape index (κ3) is 3.17. The Bertz CT molecular complexity index is 938. The van der Waals surface area contributed by atoms with Crippen LogP contribution >= 0.6 is 0 Å². The Hall–Kier alpha value is -3.40. The average molecular weight is 321 g/mol. The summed E-state index contributed by atoms with van der Waals surface area (Å²) in [4.78, 5) is 16.3. The molecule has 0 radical (unpaired) electrons. The smallest absolute Gasteiger partial charge is 0.262 e. The van der Waals surface area contributed by atoms with Crippen molar-refractivity contribution in [3.05, 3.63) is 47.8 Å². The van der Waals surface area contributed by atoms with Crippen LogP contribution in [0.1, 0.15) is 11.3 Å². The topological polar surface area (TPSA) is 92.8 Å². The lowest BCUT2D eigenvalue weighted by molar-refractivity contribution is -0.118. The van der Waals surface area contributed by atoms with Gasteiger partial charge < -0.3 is 10.1 Å². The predicted octanol–water partition coefficient (Wildman–Crippen LogP) is 2.17. The van der Waals surface area contributed by atoms with Gasteiger partial charge >= 0.3 is 0 Å². The van der Waals surface area contributed by atoms with Crippen molar-refractivity contribution in [2.45, 2.75) is 6.92 Å². The molecule has 24 heavy (non-hydrogen) atoms. The molecule has 2 heterocycles. The van der Waals surface area contributed by atoms with Gasteiger partial charge in [0.2, 0.25) is 0 Å². The van der Waals surface area contributed by atoms with E-state index in [1.165, 1.54) is 0 Å². The number of nitriles is 1. The van der Waals surface area contributed by atoms with Gasteiger partial charge in [0.25, 0.3) is 5.91 Å². The molecule has 0 atom stereocenters. The van der Waals surface area contributed by atoms with E-state index in [4.69, 9.17) is 10.00 Å². The van der Waals surface area contributed by atoms with Crippen LogP contribution in [0, 0.1) is 18.3 Å². The highest BCUT2D eigenvalue weighted by molar-refractivity contribution is 5.94. The van der Waals surface area contributed by atoms with Crippen molar-refractivity contribution in [3.63, 3.8) is 0 Å². The Morgan fingerprint density at radius 1 is 1.38 bits per heavy atom. The van der Waals surface area contributed by atoms with Gasteiger partial charge in [-0.3, -0.25) is 9.48 Å². The summed E-state index contributed by atoms with van der Waals surface area (Å²) in [6.07, 6.45) is 1.59. The van der Waals surface area contributed by atoms with Crippen LogP contribution in [0.5, 0.6) is 5.75 Å². The Kier molecular flexibility index (Phi) is 4.12. The molecule has 3 aromatic rings. The number of nitrogens with one attached hydrogen (secondary N) is 1. The fourth-order valence-electron chi connectivity index (χ4n) is 2.35.